The summed E-state index contributed by atoms with van der Waals surface area (Å²) in [6.45, 7) is 3.01. The van der Waals surface area contributed by atoms with E-state index < -0.39 is 0 Å². The van der Waals surface area contributed by atoms with E-state index >= 15 is 0 Å². The number of rotatable bonds is 1. The van der Waals surface area contributed by atoms with E-state index in [0.717, 1.165) is 30.5 Å². The van der Waals surface area contributed by atoms with E-state index in [-0.39, 0.29) is 18.2 Å². The molecule has 2 N–H and O–H groups in total. The van der Waals surface area contributed by atoms with E-state index in [1.807, 2.05) is 6.07 Å². The van der Waals surface area contributed by atoms with Gasteiger partial charge in [0.2, 0.25) is 0 Å². The zero-order valence-corrected chi connectivity index (χ0v) is 11.2. The summed E-state index contributed by atoms with van der Waals surface area (Å²) in [5.41, 5.74) is 2.15. The number of hydrogen-bond acceptors (Lipinski definition) is 2. The van der Waals surface area contributed by atoms with Crippen molar-refractivity contribution < 1.29 is 5.11 Å². The van der Waals surface area contributed by atoms with Crippen molar-refractivity contribution in [2.75, 3.05) is 6.54 Å². The zero-order valence-electron chi connectivity index (χ0n) is 8.89. The highest BCUT2D eigenvalue weighted by molar-refractivity contribution is 6.37. The van der Waals surface area contributed by atoms with Crippen molar-refractivity contribution in [3.8, 4) is 5.75 Å². The topological polar surface area (TPSA) is 32.3 Å². The van der Waals surface area contributed by atoms with Crippen LogP contribution in [-0.2, 0) is 6.42 Å². The lowest BCUT2D eigenvalue weighted by molar-refractivity contribution is 0.465. The van der Waals surface area contributed by atoms with Crippen LogP contribution in [0.5, 0.6) is 5.75 Å². The molecular formula is C11H14Cl3NO. The predicted molar refractivity (Wildman–Crippen MR) is 70.1 cm³/mol. The first-order valence-electron chi connectivity index (χ1n) is 5.08. The van der Waals surface area contributed by atoms with Crippen LogP contribution in [0.1, 0.15) is 30.5 Å². The number of phenols is 1. The fourth-order valence-electron chi connectivity index (χ4n) is 2.08. The summed E-state index contributed by atoms with van der Waals surface area (Å²) in [7, 11) is 0. The number of phenolic OH excluding ortho intramolecular Hbond substituents is 1. The lowest BCUT2D eigenvalue weighted by Crippen LogP contribution is -2.29. The molecule has 0 aliphatic carbocycles. The van der Waals surface area contributed by atoms with Crippen molar-refractivity contribution in [3.05, 3.63) is 27.2 Å². The van der Waals surface area contributed by atoms with Crippen LogP contribution >= 0.6 is 35.6 Å². The van der Waals surface area contributed by atoms with Crippen LogP contribution in [-0.4, -0.2) is 11.7 Å². The monoisotopic (exact) mass is 281 g/mol. The third-order valence-electron chi connectivity index (χ3n) is 2.88. The molecule has 1 atom stereocenters. The first-order chi connectivity index (χ1) is 7.15. The molecule has 1 aromatic carbocycles. The van der Waals surface area contributed by atoms with Gasteiger partial charge in [-0.15, -0.1) is 12.4 Å². The summed E-state index contributed by atoms with van der Waals surface area (Å²) in [6, 6.07) is 2.11. The van der Waals surface area contributed by atoms with Gasteiger partial charge >= 0.3 is 0 Å². The average Bonchev–Trinajstić information content (AvgIpc) is 2.25. The van der Waals surface area contributed by atoms with Crippen molar-refractivity contribution in [1.29, 1.82) is 0 Å². The fourth-order valence-corrected chi connectivity index (χ4v) is 2.64. The van der Waals surface area contributed by atoms with E-state index in [9.17, 15) is 5.11 Å². The van der Waals surface area contributed by atoms with Crippen molar-refractivity contribution in [2.24, 2.45) is 0 Å². The van der Waals surface area contributed by atoms with Crippen LogP contribution < -0.4 is 5.32 Å². The average molecular weight is 283 g/mol. The summed E-state index contributed by atoms with van der Waals surface area (Å²) in [4.78, 5) is 0. The van der Waals surface area contributed by atoms with Gasteiger partial charge in [-0.1, -0.05) is 30.1 Å². The van der Waals surface area contributed by atoms with Gasteiger partial charge in [-0.2, -0.15) is 0 Å². The van der Waals surface area contributed by atoms with Gasteiger partial charge in [0.05, 0.1) is 10.0 Å². The number of fused-ring (bicyclic) bond motifs is 1. The highest BCUT2D eigenvalue weighted by Crippen LogP contribution is 2.40. The second-order valence-corrected chi connectivity index (χ2v) is 4.54. The van der Waals surface area contributed by atoms with Gasteiger partial charge in [0.1, 0.15) is 0 Å². The SMILES string of the molecule is CCC1NCCc2c1cc(Cl)c(O)c2Cl.Cl. The Hall–Kier alpha value is -0.150. The molecule has 0 amide bonds. The standard InChI is InChI=1S/C11H13Cl2NO.ClH/c1-2-9-7-5-8(12)11(15)10(13)6(7)3-4-14-9;/h5,9,14-15H,2-4H2,1H3;1H. The lowest BCUT2D eigenvalue weighted by Gasteiger charge is -2.27. The summed E-state index contributed by atoms with van der Waals surface area (Å²) in [6.07, 6.45) is 1.83. The van der Waals surface area contributed by atoms with Gasteiger partial charge in [-0.3, -0.25) is 0 Å². The normalized spacial score (nSPS) is 18.8. The molecule has 0 fully saturated rings. The van der Waals surface area contributed by atoms with Gasteiger partial charge in [0.25, 0.3) is 0 Å². The molecule has 90 valence electrons. The highest BCUT2D eigenvalue weighted by atomic mass is 35.5. The molecule has 1 aliphatic heterocycles. The Morgan fingerprint density at radius 3 is 2.81 bits per heavy atom. The minimum absolute atomic E-state index is 0. The lowest BCUT2D eigenvalue weighted by atomic mass is 9.92. The van der Waals surface area contributed by atoms with Crippen molar-refractivity contribution in [1.82, 2.24) is 5.32 Å². The molecule has 16 heavy (non-hydrogen) atoms. The van der Waals surface area contributed by atoms with E-state index in [1.54, 1.807) is 0 Å². The second-order valence-electron chi connectivity index (χ2n) is 3.75. The fraction of sp³-hybridized carbons (Fsp3) is 0.455. The van der Waals surface area contributed by atoms with Gasteiger partial charge in [-0.25, -0.2) is 0 Å². The summed E-state index contributed by atoms with van der Waals surface area (Å²) in [5.74, 6) is 0.00818. The van der Waals surface area contributed by atoms with Crippen LogP contribution in [0.15, 0.2) is 6.07 Å². The van der Waals surface area contributed by atoms with Crippen LogP contribution in [0, 0.1) is 0 Å². The van der Waals surface area contributed by atoms with Crippen LogP contribution in [0.4, 0.5) is 0 Å². The van der Waals surface area contributed by atoms with Gasteiger partial charge < -0.3 is 10.4 Å². The van der Waals surface area contributed by atoms with Crippen LogP contribution in [0.2, 0.25) is 10.0 Å². The molecule has 2 nitrogen and oxygen atoms in total. The Morgan fingerprint density at radius 2 is 2.19 bits per heavy atom. The maximum absolute atomic E-state index is 9.64. The van der Waals surface area contributed by atoms with Gasteiger partial charge in [0, 0.05) is 6.04 Å². The van der Waals surface area contributed by atoms with Crippen molar-refractivity contribution in [3.63, 3.8) is 0 Å². The summed E-state index contributed by atoms with van der Waals surface area (Å²) >= 11 is 12.0. The number of aromatic hydroxyl groups is 1. The molecule has 0 aromatic heterocycles. The minimum atomic E-state index is 0. The number of halogens is 3. The summed E-state index contributed by atoms with van der Waals surface area (Å²) in [5, 5.41) is 13.8. The maximum atomic E-state index is 9.64. The first-order valence-corrected chi connectivity index (χ1v) is 5.83. The highest BCUT2D eigenvalue weighted by Gasteiger charge is 2.23. The van der Waals surface area contributed by atoms with Crippen molar-refractivity contribution >= 4 is 35.6 Å². The molecular weight excluding hydrogens is 268 g/mol. The number of benzene rings is 1. The van der Waals surface area contributed by atoms with Crippen molar-refractivity contribution in [2.45, 2.75) is 25.8 Å². The molecule has 1 unspecified atom stereocenters. The first kappa shape index (κ1) is 13.9. The molecule has 5 heteroatoms. The number of hydrogen-bond donors (Lipinski definition) is 2. The Bertz CT molecular complexity index is 395. The molecule has 0 saturated carbocycles. The van der Waals surface area contributed by atoms with Gasteiger partial charge in [0.15, 0.2) is 5.75 Å². The van der Waals surface area contributed by atoms with Gasteiger partial charge in [-0.05, 0) is 36.6 Å². The van der Waals surface area contributed by atoms with Crippen LogP contribution in [0.3, 0.4) is 0 Å². The molecule has 0 bridgehead atoms. The zero-order chi connectivity index (χ0) is 11.0. The molecule has 1 aromatic rings. The molecule has 2 rings (SSSR count). The Labute approximate surface area is 111 Å². The Kier molecular flexibility index (Phi) is 4.74. The molecule has 0 saturated heterocycles. The van der Waals surface area contributed by atoms with E-state index in [2.05, 4.69) is 12.2 Å². The Balaban J connectivity index is 0.00000128. The molecule has 0 spiro atoms. The summed E-state index contributed by atoms with van der Waals surface area (Å²) < 4.78 is 0. The minimum Gasteiger partial charge on any atom is -0.505 e. The maximum Gasteiger partial charge on any atom is 0.153 e. The molecule has 1 heterocycles. The molecule has 1 aliphatic rings. The third kappa shape index (κ3) is 2.25. The van der Waals surface area contributed by atoms with E-state index in [1.165, 1.54) is 0 Å². The molecule has 0 radical (unpaired) electrons. The van der Waals surface area contributed by atoms with E-state index in [0.29, 0.717) is 16.1 Å². The van der Waals surface area contributed by atoms with E-state index in [4.69, 9.17) is 23.2 Å². The third-order valence-corrected chi connectivity index (χ3v) is 3.57. The number of nitrogens with one attached hydrogen (secondary N) is 1. The predicted octanol–water partition coefficient (Wildman–Crippen LogP) is 3.72. The second kappa shape index (κ2) is 5.46. The Morgan fingerprint density at radius 1 is 1.50 bits per heavy atom. The quantitative estimate of drug-likeness (QED) is 0.823. The smallest absolute Gasteiger partial charge is 0.153 e. The van der Waals surface area contributed by atoms with Crippen LogP contribution in [0.25, 0.3) is 0 Å². The largest absolute Gasteiger partial charge is 0.505 e.